The average Bonchev–Trinajstić information content (AvgIpc) is 3.15. The molecule has 1 saturated carbocycles. The third-order valence-electron chi connectivity index (χ3n) is 5.20. The lowest BCUT2D eigenvalue weighted by Gasteiger charge is -2.11. The lowest BCUT2D eigenvalue weighted by Crippen LogP contribution is -2.29. The molecule has 0 aromatic heterocycles. The van der Waals surface area contributed by atoms with Gasteiger partial charge in [0.25, 0.3) is 5.91 Å². The summed E-state index contributed by atoms with van der Waals surface area (Å²) < 4.78 is 10.6. The predicted molar refractivity (Wildman–Crippen MR) is 98.5 cm³/mol. The molecular formula is C21H25NO3. The van der Waals surface area contributed by atoms with Crippen LogP contribution in [0.5, 0.6) is 11.5 Å². The lowest BCUT2D eigenvalue weighted by atomic mass is 10.0. The van der Waals surface area contributed by atoms with E-state index in [0.717, 1.165) is 0 Å². The van der Waals surface area contributed by atoms with E-state index in [1.165, 1.54) is 11.1 Å². The van der Waals surface area contributed by atoms with E-state index in [-0.39, 0.29) is 17.4 Å². The molecule has 0 saturated heterocycles. The third kappa shape index (κ3) is 3.21. The van der Waals surface area contributed by atoms with Crippen LogP contribution in [0.15, 0.2) is 42.5 Å². The Hall–Kier alpha value is -2.49. The first-order valence-corrected chi connectivity index (χ1v) is 8.48. The van der Waals surface area contributed by atoms with E-state index in [1.54, 1.807) is 32.4 Å². The maximum absolute atomic E-state index is 12.8. The summed E-state index contributed by atoms with van der Waals surface area (Å²) in [7, 11) is 3.15. The van der Waals surface area contributed by atoms with Crippen molar-refractivity contribution in [1.82, 2.24) is 5.32 Å². The van der Waals surface area contributed by atoms with E-state index >= 15 is 0 Å². The highest BCUT2D eigenvalue weighted by Crippen LogP contribution is 2.58. The predicted octanol–water partition coefficient (Wildman–Crippen LogP) is 3.93. The standard InChI is InChI=1S/C21H25NO3/c1-13-6-8-14(9-7-13)18-19(21(18,2)3)22-20(23)16-12-15(24-4)10-11-17(16)25-5/h6-12,18-19H,1-5H3,(H,22,23). The van der Waals surface area contributed by atoms with Crippen LogP contribution in [0.3, 0.4) is 0 Å². The highest BCUT2D eigenvalue weighted by molar-refractivity contribution is 5.98. The molecule has 2 aromatic rings. The van der Waals surface area contributed by atoms with Crippen LogP contribution in [0.4, 0.5) is 0 Å². The van der Waals surface area contributed by atoms with Crippen LogP contribution < -0.4 is 14.8 Å². The number of benzene rings is 2. The SMILES string of the molecule is COc1ccc(OC)c(C(=O)NC2C(c3ccc(C)cc3)C2(C)C)c1. The molecule has 2 unspecified atom stereocenters. The molecule has 0 spiro atoms. The lowest BCUT2D eigenvalue weighted by molar-refractivity contribution is 0.0942. The Labute approximate surface area is 149 Å². The van der Waals surface area contributed by atoms with Crippen molar-refractivity contribution in [2.24, 2.45) is 5.41 Å². The van der Waals surface area contributed by atoms with Gasteiger partial charge in [-0.2, -0.15) is 0 Å². The molecule has 4 heteroatoms. The Morgan fingerprint density at radius 2 is 1.72 bits per heavy atom. The van der Waals surface area contributed by atoms with Gasteiger partial charge >= 0.3 is 0 Å². The van der Waals surface area contributed by atoms with Crippen LogP contribution in [0.2, 0.25) is 0 Å². The van der Waals surface area contributed by atoms with E-state index in [1.807, 2.05) is 0 Å². The zero-order valence-corrected chi connectivity index (χ0v) is 15.4. The molecule has 0 bridgehead atoms. The number of carbonyl (C=O) groups excluding carboxylic acids is 1. The molecule has 1 aliphatic rings. The number of amides is 1. The second-order valence-electron chi connectivity index (χ2n) is 7.23. The molecule has 1 aliphatic carbocycles. The molecule has 0 heterocycles. The maximum atomic E-state index is 12.8. The van der Waals surface area contributed by atoms with Crippen molar-refractivity contribution in [2.75, 3.05) is 14.2 Å². The van der Waals surface area contributed by atoms with Crippen molar-refractivity contribution in [3.05, 3.63) is 59.2 Å². The van der Waals surface area contributed by atoms with Crippen LogP contribution in [-0.4, -0.2) is 26.2 Å². The summed E-state index contributed by atoms with van der Waals surface area (Å²) >= 11 is 0. The molecule has 1 fully saturated rings. The van der Waals surface area contributed by atoms with Gasteiger partial charge in [0.2, 0.25) is 0 Å². The van der Waals surface area contributed by atoms with Gasteiger partial charge in [-0.15, -0.1) is 0 Å². The Kier molecular flexibility index (Phi) is 4.46. The minimum atomic E-state index is -0.136. The summed E-state index contributed by atoms with van der Waals surface area (Å²) in [5.41, 5.74) is 3.02. The number of methoxy groups -OCH3 is 2. The van der Waals surface area contributed by atoms with Crippen LogP contribution in [0.25, 0.3) is 0 Å². The molecule has 2 aromatic carbocycles. The fraction of sp³-hybridized carbons (Fsp3) is 0.381. The molecule has 3 rings (SSSR count). The van der Waals surface area contributed by atoms with Gasteiger partial charge < -0.3 is 14.8 Å². The molecule has 2 atom stereocenters. The van der Waals surface area contributed by atoms with Crippen molar-refractivity contribution in [3.8, 4) is 11.5 Å². The second kappa shape index (κ2) is 6.43. The fourth-order valence-corrected chi connectivity index (χ4v) is 3.51. The van der Waals surface area contributed by atoms with Crippen molar-refractivity contribution in [3.63, 3.8) is 0 Å². The van der Waals surface area contributed by atoms with Crippen LogP contribution in [-0.2, 0) is 0 Å². The Morgan fingerprint density at radius 3 is 2.32 bits per heavy atom. The first-order valence-electron chi connectivity index (χ1n) is 8.48. The van der Waals surface area contributed by atoms with Crippen molar-refractivity contribution in [2.45, 2.75) is 32.7 Å². The van der Waals surface area contributed by atoms with Crippen molar-refractivity contribution >= 4 is 5.91 Å². The summed E-state index contributed by atoms with van der Waals surface area (Å²) in [6.45, 7) is 6.45. The highest BCUT2D eigenvalue weighted by Gasteiger charge is 2.59. The van der Waals surface area contributed by atoms with E-state index in [2.05, 4.69) is 50.4 Å². The molecule has 0 aliphatic heterocycles. The summed E-state index contributed by atoms with van der Waals surface area (Å²) in [6.07, 6.45) is 0. The smallest absolute Gasteiger partial charge is 0.255 e. The topological polar surface area (TPSA) is 47.6 Å². The van der Waals surface area contributed by atoms with E-state index in [0.29, 0.717) is 23.0 Å². The zero-order chi connectivity index (χ0) is 18.2. The van der Waals surface area contributed by atoms with Gasteiger partial charge in [-0.3, -0.25) is 4.79 Å². The van der Waals surface area contributed by atoms with Gasteiger partial charge in [-0.1, -0.05) is 43.7 Å². The number of aryl methyl sites for hydroxylation is 1. The third-order valence-corrected chi connectivity index (χ3v) is 5.20. The maximum Gasteiger partial charge on any atom is 0.255 e. The monoisotopic (exact) mass is 339 g/mol. The first-order chi connectivity index (χ1) is 11.9. The summed E-state index contributed by atoms with van der Waals surface area (Å²) in [5, 5.41) is 3.18. The minimum absolute atomic E-state index is 0.0248. The number of ether oxygens (including phenoxy) is 2. The fourth-order valence-electron chi connectivity index (χ4n) is 3.51. The van der Waals surface area contributed by atoms with Gasteiger partial charge in [0.1, 0.15) is 11.5 Å². The van der Waals surface area contributed by atoms with Gasteiger partial charge in [0.05, 0.1) is 19.8 Å². The molecule has 1 amide bonds. The highest BCUT2D eigenvalue weighted by atomic mass is 16.5. The van der Waals surface area contributed by atoms with E-state index in [4.69, 9.17) is 9.47 Å². The Morgan fingerprint density at radius 1 is 1.04 bits per heavy atom. The number of hydrogen-bond acceptors (Lipinski definition) is 3. The average molecular weight is 339 g/mol. The molecule has 25 heavy (non-hydrogen) atoms. The van der Waals surface area contributed by atoms with Crippen molar-refractivity contribution < 1.29 is 14.3 Å². The molecule has 132 valence electrons. The summed E-state index contributed by atoms with van der Waals surface area (Å²) in [4.78, 5) is 12.8. The van der Waals surface area contributed by atoms with Crippen LogP contribution >= 0.6 is 0 Å². The molecular weight excluding hydrogens is 314 g/mol. The van der Waals surface area contributed by atoms with Crippen LogP contribution in [0.1, 0.15) is 41.3 Å². The molecule has 1 N–H and O–H groups in total. The normalized spacial score (nSPS) is 20.7. The van der Waals surface area contributed by atoms with E-state index < -0.39 is 0 Å². The first kappa shape index (κ1) is 17.3. The molecule has 4 nitrogen and oxygen atoms in total. The number of carbonyl (C=O) groups is 1. The quantitative estimate of drug-likeness (QED) is 0.898. The van der Waals surface area contributed by atoms with Gasteiger partial charge in [0.15, 0.2) is 0 Å². The van der Waals surface area contributed by atoms with E-state index in [9.17, 15) is 4.79 Å². The summed E-state index contributed by atoms with van der Waals surface area (Å²) in [6, 6.07) is 13.9. The Bertz CT molecular complexity index is 780. The number of rotatable bonds is 5. The van der Waals surface area contributed by atoms with Crippen molar-refractivity contribution in [1.29, 1.82) is 0 Å². The van der Waals surface area contributed by atoms with Gasteiger partial charge in [-0.05, 0) is 36.1 Å². The molecule has 0 radical (unpaired) electrons. The second-order valence-corrected chi connectivity index (χ2v) is 7.23. The summed E-state index contributed by atoms with van der Waals surface area (Å²) in [5.74, 6) is 1.36. The van der Waals surface area contributed by atoms with Gasteiger partial charge in [-0.25, -0.2) is 0 Å². The van der Waals surface area contributed by atoms with Crippen LogP contribution in [0, 0.1) is 12.3 Å². The number of hydrogen-bond donors (Lipinski definition) is 1. The minimum Gasteiger partial charge on any atom is -0.497 e. The zero-order valence-electron chi connectivity index (χ0n) is 15.4. The largest absolute Gasteiger partial charge is 0.497 e. The number of nitrogens with one attached hydrogen (secondary N) is 1. The Balaban J connectivity index is 1.80. The van der Waals surface area contributed by atoms with Gasteiger partial charge in [0, 0.05) is 12.0 Å².